The molecule has 3 N–H and O–H groups in total. The molecule has 0 bridgehead atoms. The van der Waals surface area contributed by atoms with Crippen molar-refractivity contribution in [3.63, 3.8) is 0 Å². The van der Waals surface area contributed by atoms with E-state index in [1.54, 1.807) is 19.2 Å². The fourth-order valence-corrected chi connectivity index (χ4v) is 1.35. The molecular weight excluding hydrogens is 208 g/mol. The smallest absolute Gasteiger partial charge is 0.153 e. The van der Waals surface area contributed by atoms with Gasteiger partial charge in [-0.1, -0.05) is 5.21 Å². The van der Waals surface area contributed by atoms with Gasteiger partial charge in [0.05, 0.1) is 19.4 Å². The second-order valence-electron chi connectivity index (χ2n) is 3.19. The third-order valence-electron chi connectivity index (χ3n) is 2.25. The maximum Gasteiger partial charge on any atom is 0.153 e. The molecule has 0 aliphatic carbocycles. The number of anilines is 1. The summed E-state index contributed by atoms with van der Waals surface area (Å²) in [6.07, 6.45) is 0. The number of ether oxygens (including phenoxy) is 1. The summed E-state index contributed by atoms with van der Waals surface area (Å²) in [6.45, 7) is -0.220. The lowest BCUT2D eigenvalue weighted by atomic mass is 10.3. The molecule has 1 heterocycles. The highest BCUT2D eigenvalue weighted by molar-refractivity contribution is 5.45. The number of methoxy groups -OCH3 is 1. The number of aliphatic hydroxyl groups excluding tert-OH is 1. The number of benzene rings is 1. The number of aromatic nitrogens is 3. The van der Waals surface area contributed by atoms with Gasteiger partial charge in [0.2, 0.25) is 0 Å². The number of nitrogen functional groups attached to an aromatic ring is 1. The predicted octanol–water partition coefficient (Wildman–Crippen LogP) is 0.350. The Morgan fingerprint density at radius 2 is 2.06 bits per heavy atom. The summed E-state index contributed by atoms with van der Waals surface area (Å²) in [7, 11) is 1.60. The summed E-state index contributed by atoms with van der Waals surface area (Å²) in [5.41, 5.74) is 6.90. The SMILES string of the molecule is COc1ccc(-n2nnc(CO)c2N)cc1. The van der Waals surface area contributed by atoms with Gasteiger partial charge < -0.3 is 15.6 Å². The molecule has 0 amide bonds. The number of hydrogen-bond donors (Lipinski definition) is 2. The molecule has 84 valence electrons. The van der Waals surface area contributed by atoms with Gasteiger partial charge in [0, 0.05) is 0 Å². The van der Waals surface area contributed by atoms with Gasteiger partial charge in [-0.05, 0) is 24.3 Å². The molecule has 6 nitrogen and oxygen atoms in total. The van der Waals surface area contributed by atoms with Crippen molar-refractivity contribution >= 4 is 5.82 Å². The molecule has 2 aromatic rings. The molecule has 1 aromatic heterocycles. The van der Waals surface area contributed by atoms with E-state index >= 15 is 0 Å². The first-order chi connectivity index (χ1) is 7.76. The summed E-state index contributed by atoms with van der Waals surface area (Å²) in [5.74, 6) is 1.09. The van der Waals surface area contributed by atoms with Crippen LogP contribution in [0.1, 0.15) is 5.69 Å². The fraction of sp³-hybridized carbons (Fsp3) is 0.200. The van der Waals surface area contributed by atoms with Crippen molar-refractivity contribution in [2.24, 2.45) is 0 Å². The number of hydrogen-bond acceptors (Lipinski definition) is 5. The van der Waals surface area contributed by atoms with E-state index in [9.17, 15) is 0 Å². The Hall–Kier alpha value is -2.08. The lowest BCUT2D eigenvalue weighted by molar-refractivity contribution is 0.277. The third-order valence-corrected chi connectivity index (χ3v) is 2.25. The number of rotatable bonds is 3. The van der Waals surface area contributed by atoms with Crippen LogP contribution in [0, 0.1) is 0 Å². The van der Waals surface area contributed by atoms with Gasteiger partial charge in [0.1, 0.15) is 11.4 Å². The first-order valence-corrected chi connectivity index (χ1v) is 4.71. The zero-order valence-electron chi connectivity index (χ0n) is 8.79. The topological polar surface area (TPSA) is 86.2 Å². The van der Waals surface area contributed by atoms with Crippen LogP contribution in [0.4, 0.5) is 5.82 Å². The Labute approximate surface area is 92.3 Å². The Balaban J connectivity index is 2.38. The lowest BCUT2D eigenvalue weighted by Gasteiger charge is -2.04. The van der Waals surface area contributed by atoms with Crippen LogP contribution >= 0.6 is 0 Å². The van der Waals surface area contributed by atoms with E-state index in [1.807, 2.05) is 12.1 Å². The summed E-state index contributed by atoms with van der Waals surface area (Å²) in [6, 6.07) is 7.22. The van der Waals surface area contributed by atoms with Crippen molar-refractivity contribution in [3.8, 4) is 11.4 Å². The van der Waals surface area contributed by atoms with E-state index in [2.05, 4.69) is 10.3 Å². The van der Waals surface area contributed by atoms with Crippen LogP contribution in [0.15, 0.2) is 24.3 Å². The molecule has 2 rings (SSSR count). The third kappa shape index (κ3) is 1.70. The standard InChI is InChI=1S/C10H12N4O2/c1-16-8-4-2-7(3-5-8)14-10(11)9(6-15)12-13-14/h2-5,15H,6,11H2,1H3. The van der Waals surface area contributed by atoms with Gasteiger partial charge in [-0.15, -0.1) is 5.10 Å². The summed E-state index contributed by atoms with van der Waals surface area (Å²) >= 11 is 0. The number of nitrogens with two attached hydrogens (primary N) is 1. The number of nitrogens with zero attached hydrogens (tertiary/aromatic N) is 3. The van der Waals surface area contributed by atoms with Gasteiger partial charge in [-0.2, -0.15) is 4.68 Å². The molecule has 0 atom stereocenters. The highest BCUT2D eigenvalue weighted by Crippen LogP contribution is 2.18. The van der Waals surface area contributed by atoms with Gasteiger partial charge >= 0.3 is 0 Å². The van der Waals surface area contributed by atoms with Crippen LogP contribution in [0.3, 0.4) is 0 Å². The minimum Gasteiger partial charge on any atom is -0.497 e. The van der Waals surface area contributed by atoms with E-state index < -0.39 is 0 Å². The quantitative estimate of drug-likeness (QED) is 0.779. The van der Waals surface area contributed by atoms with Crippen molar-refractivity contribution in [1.29, 1.82) is 0 Å². The molecule has 1 aromatic carbocycles. The molecule has 6 heteroatoms. The molecule has 0 spiro atoms. The second kappa shape index (κ2) is 4.19. The van der Waals surface area contributed by atoms with Crippen LogP contribution in [0.5, 0.6) is 5.75 Å². The minimum absolute atomic E-state index is 0.220. The van der Waals surface area contributed by atoms with E-state index in [0.29, 0.717) is 11.5 Å². The molecule has 16 heavy (non-hydrogen) atoms. The molecular formula is C10H12N4O2. The molecule has 0 fully saturated rings. The van der Waals surface area contributed by atoms with E-state index in [1.165, 1.54) is 4.68 Å². The van der Waals surface area contributed by atoms with Crippen LogP contribution in [0.2, 0.25) is 0 Å². The maximum absolute atomic E-state index is 8.95. The Morgan fingerprint density at radius 3 is 2.56 bits per heavy atom. The zero-order chi connectivity index (χ0) is 11.5. The summed E-state index contributed by atoms with van der Waals surface area (Å²) < 4.78 is 6.51. The zero-order valence-corrected chi connectivity index (χ0v) is 8.79. The first kappa shape index (κ1) is 10.4. The van der Waals surface area contributed by atoms with Crippen LogP contribution < -0.4 is 10.5 Å². The molecule has 0 aliphatic heterocycles. The second-order valence-corrected chi connectivity index (χ2v) is 3.19. The predicted molar refractivity (Wildman–Crippen MR) is 58.2 cm³/mol. The average Bonchev–Trinajstić information content (AvgIpc) is 2.70. The van der Waals surface area contributed by atoms with Crippen LogP contribution in [-0.4, -0.2) is 27.2 Å². The Kier molecular flexibility index (Phi) is 2.74. The molecule has 0 saturated heterocycles. The van der Waals surface area contributed by atoms with E-state index in [0.717, 1.165) is 11.4 Å². The largest absolute Gasteiger partial charge is 0.497 e. The highest BCUT2D eigenvalue weighted by atomic mass is 16.5. The van der Waals surface area contributed by atoms with Gasteiger partial charge in [0.25, 0.3) is 0 Å². The van der Waals surface area contributed by atoms with Crippen LogP contribution in [-0.2, 0) is 6.61 Å². The van der Waals surface area contributed by atoms with Crippen molar-refractivity contribution in [3.05, 3.63) is 30.0 Å². The van der Waals surface area contributed by atoms with Crippen molar-refractivity contribution in [1.82, 2.24) is 15.0 Å². The van der Waals surface area contributed by atoms with E-state index in [-0.39, 0.29) is 6.61 Å². The van der Waals surface area contributed by atoms with Crippen molar-refractivity contribution in [2.75, 3.05) is 12.8 Å². The maximum atomic E-state index is 8.95. The van der Waals surface area contributed by atoms with Crippen molar-refractivity contribution in [2.45, 2.75) is 6.61 Å². The van der Waals surface area contributed by atoms with Crippen molar-refractivity contribution < 1.29 is 9.84 Å². The van der Waals surface area contributed by atoms with Gasteiger partial charge in [-0.3, -0.25) is 0 Å². The molecule has 0 aliphatic rings. The average molecular weight is 220 g/mol. The van der Waals surface area contributed by atoms with Gasteiger partial charge in [-0.25, -0.2) is 0 Å². The monoisotopic (exact) mass is 220 g/mol. The Bertz CT molecular complexity index is 478. The summed E-state index contributed by atoms with van der Waals surface area (Å²) in [5, 5.41) is 16.6. The highest BCUT2D eigenvalue weighted by Gasteiger charge is 2.09. The number of aliphatic hydroxyl groups is 1. The fourth-order valence-electron chi connectivity index (χ4n) is 1.35. The molecule has 0 unspecified atom stereocenters. The summed E-state index contributed by atoms with van der Waals surface area (Å²) in [4.78, 5) is 0. The lowest BCUT2D eigenvalue weighted by Crippen LogP contribution is -2.03. The normalized spacial score (nSPS) is 10.4. The Morgan fingerprint density at radius 1 is 1.38 bits per heavy atom. The minimum atomic E-state index is -0.220. The molecule has 0 radical (unpaired) electrons. The molecule has 0 saturated carbocycles. The van der Waals surface area contributed by atoms with Gasteiger partial charge in [0.15, 0.2) is 5.82 Å². The first-order valence-electron chi connectivity index (χ1n) is 4.71. The van der Waals surface area contributed by atoms with Crippen LogP contribution in [0.25, 0.3) is 5.69 Å². The van der Waals surface area contributed by atoms with E-state index in [4.69, 9.17) is 15.6 Å².